The molecule has 7 nitrogen and oxygen atoms in total. The summed E-state index contributed by atoms with van der Waals surface area (Å²) in [5.74, 6) is -7.16. The van der Waals surface area contributed by atoms with Crippen LogP contribution in [-0.2, 0) is 9.53 Å². The van der Waals surface area contributed by atoms with Crippen LogP contribution in [0.2, 0.25) is 5.02 Å². The number of esters is 1. The van der Waals surface area contributed by atoms with Crippen LogP contribution in [0, 0.1) is 27.6 Å². The van der Waals surface area contributed by atoms with Gasteiger partial charge in [0.05, 0.1) is 10.6 Å². The summed E-state index contributed by atoms with van der Waals surface area (Å²) >= 11 is 5.70. The van der Waals surface area contributed by atoms with Gasteiger partial charge in [0.15, 0.2) is 23.6 Å². The fourth-order valence-electron chi connectivity index (χ4n) is 1.97. The van der Waals surface area contributed by atoms with Gasteiger partial charge < -0.3 is 10.1 Å². The number of hydrogen-bond acceptors (Lipinski definition) is 5. The minimum atomic E-state index is -1.79. The van der Waals surface area contributed by atoms with Crippen LogP contribution in [0.4, 0.5) is 24.5 Å². The summed E-state index contributed by atoms with van der Waals surface area (Å²) < 4.78 is 44.4. The van der Waals surface area contributed by atoms with Gasteiger partial charge >= 0.3 is 5.97 Å². The van der Waals surface area contributed by atoms with Crippen LogP contribution in [0.1, 0.15) is 17.3 Å². The molecule has 0 fully saturated rings. The van der Waals surface area contributed by atoms with Gasteiger partial charge in [-0.1, -0.05) is 11.6 Å². The zero-order valence-electron chi connectivity index (χ0n) is 13.5. The van der Waals surface area contributed by atoms with Crippen molar-refractivity contribution in [3.63, 3.8) is 0 Å². The summed E-state index contributed by atoms with van der Waals surface area (Å²) in [6, 6.07) is 4.54. The number of carbonyl (C=O) groups is 2. The summed E-state index contributed by atoms with van der Waals surface area (Å²) in [6.45, 7) is 1.10. The van der Waals surface area contributed by atoms with Crippen LogP contribution < -0.4 is 5.32 Å². The number of rotatable bonds is 5. The molecule has 0 saturated carbocycles. The van der Waals surface area contributed by atoms with Crippen molar-refractivity contribution in [2.45, 2.75) is 13.0 Å². The van der Waals surface area contributed by atoms with Crippen LogP contribution in [-0.4, -0.2) is 22.9 Å². The lowest BCUT2D eigenvalue weighted by Gasteiger charge is -2.14. The summed E-state index contributed by atoms with van der Waals surface area (Å²) in [6.07, 6.45) is -1.54. The number of amides is 1. The van der Waals surface area contributed by atoms with Gasteiger partial charge in [-0.05, 0) is 31.2 Å². The number of benzene rings is 2. The molecule has 0 bridgehead atoms. The molecule has 0 spiro atoms. The highest BCUT2D eigenvalue weighted by atomic mass is 35.5. The first-order valence-electron chi connectivity index (χ1n) is 7.21. The Morgan fingerprint density at radius 1 is 1.19 bits per heavy atom. The van der Waals surface area contributed by atoms with Crippen molar-refractivity contribution in [2.75, 3.05) is 5.32 Å². The standard InChI is InChI=1S/C16H10ClF3N2O5/c1-7(15(23)21-11-4-3-10(18)13(19)14(11)20)27-16(24)9-6-8(17)2-5-12(9)22(25)26/h2-7H,1H3,(H,21,23)/t7-/m0/s1. The van der Waals surface area contributed by atoms with Crippen molar-refractivity contribution >= 4 is 34.9 Å². The van der Waals surface area contributed by atoms with E-state index in [4.69, 9.17) is 16.3 Å². The number of anilines is 1. The second-order valence-corrected chi connectivity index (χ2v) is 5.61. The molecule has 1 N–H and O–H groups in total. The third kappa shape index (κ3) is 4.53. The lowest BCUT2D eigenvalue weighted by atomic mass is 10.2. The smallest absolute Gasteiger partial charge is 0.345 e. The fourth-order valence-corrected chi connectivity index (χ4v) is 2.14. The minimum absolute atomic E-state index is 0.0218. The van der Waals surface area contributed by atoms with Gasteiger partial charge in [-0.15, -0.1) is 0 Å². The first-order valence-corrected chi connectivity index (χ1v) is 7.59. The third-order valence-corrected chi connectivity index (χ3v) is 3.56. The minimum Gasteiger partial charge on any atom is -0.449 e. The molecule has 1 atom stereocenters. The largest absolute Gasteiger partial charge is 0.449 e. The zero-order valence-corrected chi connectivity index (χ0v) is 14.2. The predicted octanol–water partition coefficient (Wildman–Crippen LogP) is 3.85. The van der Waals surface area contributed by atoms with E-state index in [0.29, 0.717) is 6.07 Å². The molecule has 0 heterocycles. The van der Waals surface area contributed by atoms with Crippen LogP contribution >= 0.6 is 11.6 Å². The fraction of sp³-hybridized carbons (Fsp3) is 0.125. The van der Waals surface area contributed by atoms with Crippen molar-refractivity contribution in [2.24, 2.45) is 0 Å². The van der Waals surface area contributed by atoms with Gasteiger partial charge in [0, 0.05) is 11.1 Å². The van der Waals surface area contributed by atoms with E-state index >= 15 is 0 Å². The third-order valence-electron chi connectivity index (χ3n) is 3.32. The Kier molecular flexibility index (Phi) is 6.01. The Balaban J connectivity index is 2.15. The molecule has 0 aliphatic rings. The molecule has 0 radical (unpaired) electrons. The Morgan fingerprint density at radius 2 is 1.85 bits per heavy atom. The second-order valence-electron chi connectivity index (χ2n) is 5.18. The zero-order chi connectivity index (χ0) is 20.3. The highest BCUT2D eigenvalue weighted by Gasteiger charge is 2.26. The van der Waals surface area contributed by atoms with E-state index in [1.165, 1.54) is 6.07 Å². The van der Waals surface area contributed by atoms with E-state index in [9.17, 15) is 32.9 Å². The number of carbonyl (C=O) groups excluding carboxylic acids is 2. The number of hydrogen-bond donors (Lipinski definition) is 1. The quantitative estimate of drug-likeness (QED) is 0.354. The second kappa shape index (κ2) is 8.04. The molecule has 11 heteroatoms. The van der Waals surface area contributed by atoms with Gasteiger partial charge in [-0.3, -0.25) is 14.9 Å². The maximum absolute atomic E-state index is 13.6. The number of ether oxygens (including phenoxy) is 1. The van der Waals surface area contributed by atoms with Crippen molar-refractivity contribution in [1.29, 1.82) is 0 Å². The molecule has 0 unspecified atom stereocenters. The molecule has 0 aliphatic carbocycles. The maximum atomic E-state index is 13.6. The Labute approximate surface area is 154 Å². The molecule has 2 aromatic carbocycles. The van der Waals surface area contributed by atoms with Crippen molar-refractivity contribution in [3.8, 4) is 0 Å². The Bertz CT molecular complexity index is 939. The van der Waals surface area contributed by atoms with Crippen LogP contribution in [0.25, 0.3) is 0 Å². The van der Waals surface area contributed by atoms with Crippen molar-refractivity contribution in [3.05, 3.63) is 68.5 Å². The number of nitrogens with one attached hydrogen (secondary N) is 1. The number of nitro groups is 1. The van der Waals surface area contributed by atoms with Gasteiger partial charge in [0.1, 0.15) is 5.56 Å². The Hall–Kier alpha value is -3.14. The normalized spacial score (nSPS) is 11.6. The summed E-state index contributed by atoms with van der Waals surface area (Å²) in [7, 11) is 0. The molecule has 142 valence electrons. The predicted molar refractivity (Wildman–Crippen MR) is 87.9 cm³/mol. The van der Waals surface area contributed by atoms with Gasteiger partial charge in [0.25, 0.3) is 11.6 Å². The molecular weight excluding hydrogens is 393 g/mol. The molecule has 1 amide bonds. The van der Waals surface area contributed by atoms with Crippen molar-refractivity contribution < 1.29 is 32.4 Å². The summed E-state index contributed by atoms with van der Waals surface area (Å²) in [5, 5.41) is 12.9. The first-order chi connectivity index (χ1) is 12.6. The number of nitro benzene ring substituents is 1. The first kappa shape index (κ1) is 20.2. The summed E-state index contributed by atoms with van der Waals surface area (Å²) in [5.41, 5.74) is -1.76. The molecule has 27 heavy (non-hydrogen) atoms. The van der Waals surface area contributed by atoms with Crippen molar-refractivity contribution in [1.82, 2.24) is 0 Å². The van der Waals surface area contributed by atoms with E-state index in [1.54, 1.807) is 0 Å². The average Bonchev–Trinajstić information content (AvgIpc) is 2.61. The highest BCUT2D eigenvalue weighted by molar-refractivity contribution is 6.31. The SMILES string of the molecule is C[C@H](OC(=O)c1cc(Cl)ccc1[N+](=O)[O-])C(=O)Nc1ccc(F)c(F)c1F. The molecule has 0 saturated heterocycles. The summed E-state index contributed by atoms with van der Waals surface area (Å²) in [4.78, 5) is 34.2. The maximum Gasteiger partial charge on any atom is 0.345 e. The molecular formula is C16H10ClF3N2O5. The van der Waals surface area contributed by atoms with Gasteiger partial charge in [-0.2, -0.15) is 0 Å². The van der Waals surface area contributed by atoms with Crippen LogP contribution in [0.5, 0.6) is 0 Å². The number of nitrogens with zero attached hydrogens (tertiary/aromatic N) is 1. The van der Waals surface area contributed by atoms with E-state index in [0.717, 1.165) is 25.1 Å². The van der Waals surface area contributed by atoms with Gasteiger partial charge in [-0.25, -0.2) is 18.0 Å². The number of halogens is 4. The van der Waals surface area contributed by atoms with E-state index in [2.05, 4.69) is 0 Å². The Morgan fingerprint density at radius 3 is 2.48 bits per heavy atom. The topological polar surface area (TPSA) is 98.5 Å². The van der Waals surface area contributed by atoms with Crippen LogP contribution in [0.15, 0.2) is 30.3 Å². The van der Waals surface area contributed by atoms with E-state index < -0.39 is 57.3 Å². The monoisotopic (exact) mass is 402 g/mol. The lowest BCUT2D eigenvalue weighted by Crippen LogP contribution is -2.30. The molecule has 0 aliphatic heterocycles. The molecule has 2 rings (SSSR count). The highest BCUT2D eigenvalue weighted by Crippen LogP contribution is 2.24. The van der Waals surface area contributed by atoms with Gasteiger partial charge in [0.2, 0.25) is 0 Å². The average molecular weight is 403 g/mol. The lowest BCUT2D eigenvalue weighted by molar-refractivity contribution is -0.385. The molecule has 2 aromatic rings. The van der Waals surface area contributed by atoms with E-state index in [-0.39, 0.29) is 5.02 Å². The van der Waals surface area contributed by atoms with E-state index in [1.807, 2.05) is 5.32 Å². The molecule has 0 aromatic heterocycles. The van der Waals surface area contributed by atoms with Crippen LogP contribution in [0.3, 0.4) is 0 Å².